The SMILES string of the molecule is CC(=O)c1sc2nc(N)c(C#N)c(N)c2c1C. The molecule has 17 heavy (non-hydrogen) atoms. The molecule has 0 amide bonds. The number of carbonyl (C=O) groups excluding carboxylic acids is 1. The molecule has 5 nitrogen and oxygen atoms in total. The standard InChI is InChI=1S/C11H10N4OS/c1-4-7-8(13)6(3-12)10(14)15-11(7)17-9(4)5(2)16/h1-2H3,(H4,13,14,15). The Morgan fingerprint density at radius 3 is 2.65 bits per heavy atom. The first kappa shape index (κ1) is 11.4. The van der Waals surface area contributed by atoms with Crippen LogP contribution in [0.3, 0.4) is 0 Å². The summed E-state index contributed by atoms with van der Waals surface area (Å²) in [5.74, 6) is 0.0656. The minimum Gasteiger partial charge on any atom is -0.397 e. The van der Waals surface area contributed by atoms with Crippen LogP contribution in [0.5, 0.6) is 0 Å². The van der Waals surface area contributed by atoms with Crippen LogP contribution in [0.4, 0.5) is 11.5 Å². The fourth-order valence-corrected chi connectivity index (χ4v) is 2.88. The van der Waals surface area contributed by atoms with E-state index in [1.807, 2.05) is 6.07 Å². The molecule has 0 spiro atoms. The zero-order valence-corrected chi connectivity index (χ0v) is 10.2. The number of nitrogen functional groups attached to an aromatic ring is 2. The number of carbonyl (C=O) groups is 1. The van der Waals surface area contributed by atoms with Crippen molar-refractivity contribution in [2.75, 3.05) is 11.5 Å². The van der Waals surface area contributed by atoms with Gasteiger partial charge in [0.15, 0.2) is 5.78 Å². The van der Waals surface area contributed by atoms with E-state index in [9.17, 15) is 4.79 Å². The average molecular weight is 246 g/mol. The summed E-state index contributed by atoms with van der Waals surface area (Å²) in [7, 11) is 0. The number of nitrogens with two attached hydrogens (primary N) is 2. The third-order valence-corrected chi connectivity index (χ3v) is 3.86. The Labute approximate surface area is 102 Å². The van der Waals surface area contributed by atoms with Gasteiger partial charge in [-0.2, -0.15) is 5.26 Å². The first-order chi connectivity index (χ1) is 7.97. The van der Waals surface area contributed by atoms with Crippen molar-refractivity contribution in [3.8, 4) is 6.07 Å². The highest BCUT2D eigenvalue weighted by Gasteiger charge is 2.19. The van der Waals surface area contributed by atoms with Gasteiger partial charge in [-0.05, 0) is 19.4 Å². The van der Waals surface area contributed by atoms with E-state index in [2.05, 4.69) is 4.98 Å². The van der Waals surface area contributed by atoms with Gasteiger partial charge >= 0.3 is 0 Å². The monoisotopic (exact) mass is 246 g/mol. The minimum absolute atomic E-state index is 0.0398. The summed E-state index contributed by atoms with van der Waals surface area (Å²) in [5.41, 5.74) is 12.8. The van der Waals surface area contributed by atoms with E-state index in [1.165, 1.54) is 18.3 Å². The van der Waals surface area contributed by atoms with Gasteiger partial charge in [-0.25, -0.2) is 4.98 Å². The second-order valence-corrected chi connectivity index (χ2v) is 4.69. The highest BCUT2D eigenvalue weighted by atomic mass is 32.1. The van der Waals surface area contributed by atoms with Crippen LogP contribution in [-0.2, 0) is 0 Å². The molecule has 0 fully saturated rings. The number of anilines is 2. The molecular weight excluding hydrogens is 236 g/mol. The summed E-state index contributed by atoms with van der Waals surface area (Å²) in [5, 5.41) is 9.61. The van der Waals surface area contributed by atoms with Crippen LogP contribution in [0.2, 0.25) is 0 Å². The van der Waals surface area contributed by atoms with Gasteiger partial charge in [-0.15, -0.1) is 11.3 Å². The number of rotatable bonds is 1. The van der Waals surface area contributed by atoms with Crippen LogP contribution in [0.15, 0.2) is 0 Å². The molecule has 2 heterocycles. The van der Waals surface area contributed by atoms with Crippen molar-refractivity contribution in [1.82, 2.24) is 4.98 Å². The van der Waals surface area contributed by atoms with Crippen molar-refractivity contribution in [2.24, 2.45) is 0 Å². The first-order valence-corrected chi connectivity index (χ1v) is 5.68. The van der Waals surface area contributed by atoms with Crippen LogP contribution in [-0.4, -0.2) is 10.8 Å². The molecule has 0 aliphatic carbocycles. The predicted molar refractivity (Wildman–Crippen MR) is 67.9 cm³/mol. The van der Waals surface area contributed by atoms with E-state index < -0.39 is 0 Å². The van der Waals surface area contributed by atoms with Gasteiger partial charge in [0, 0.05) is 5.39 Å². The summed E-state index contributed by atoms with van der Waals surface area (Å²) in [6, 6.07) is 1.93. The Morgan fingerprint density at radius 1 is 1.47 bits per heavy atom. The normalized spacial score (nSPS) is 10.4. The predicted octanol–water partition coefficient (Wildman–Crippen LogP) is 1.84. The van der Waals surface area contributed by atoms with E-state index in [0.29, 0.717) is 20.8 Å². The van der Waals surface area contributed by atoms with Gasteiger partial charge in [-0.1, -0.05) is 0 Å². The fourth-order valence-electron chi connectivity index (χ4n) is 1.78. The van der Waals surface area contributed by atoms with Gasteiger partial charge in [0.25, 0.3) is 0 Å². The summed E-state index contributed by atoms with van der Waals surface area (Å²) in [6.07, 6.45) is 0. The molecule has 0 saturated heterocycles. The number of aromatic nitrogens is 1. The lowest BCUT2D eigenvalue weighted by Crippen LogP contribution is -2.00. The van der Waals surface area contributed by atoms with Crippen LogP contribution >= 0.6 is 11.3 Å². The summed E-state index contributed by atoms with van der Waals surface area (Å²) < 4.78 is 0. The number of fused-ring (bicyclic) bond motifs is 1. The maximum atomic E-state index is 11.4. The molecule has 0 aromatic carbocycles. The molecule has 2 aromatic rings. The van der Waals surface area contributed by atoms with Crippen LogP contribution in [0, 0.1) is 18.3 Å². The Morgan fingerprint density at radius 2 is 2.12 bits per heavy atom. The Bertz CT molecular complexity index is 681. The highest BCUT2D eigenvalue weighted by Crippen LogP contribution is 2.36. The van der Waals surface area contributed by atoms with Crippen molar-refractivity contribution < 1.29 is 4.79 Å². The number of ketones is 1. The molecule has 0 aliphatic heterocycles. The van der Waals surface area contributed by atoms with Crippen molar-refractivity contribution in [3.63, 3.8) is 0 Å². The number of hydrogen-bond donors (Lipinski definition) is 2. The molecule has 0 saturated carbocycles. The quantitative estimate of drug-likeness (QED) is 0.747. The van der Waals surface area contributed by atoms with Gasteiger partial charge in [0.2, 0.25) is 0 Å². The molecule has 0 atom stereocenters. The second kappa shape index (κ2) is 3.71. The number of Topliss-reactive ketones (excluding diaryl/α,β-unsaturated/α-hetero) is 1. The topological polar surface area (TPSA) is 106 Å². The lowest BCUT2D eigenvalue weighted by Gasteiger charge is -2.03. The smallest absolute Gasteiger partial charge is 0.170 e. The van der Waals surface area contributed by atoms with Crippen molar-refractivity contribution in [1.29, 1.82) is 5.26 Å². The highest BCUT2D eigenvalue weighted by molar-refractivity contribution is 7.20. The third-order valence-electron chi connectivity index (χ3n) is 2.58. The van der Waals surface area contributed by atoms with Crippen LogP contribution in [0.25, 0.3) is 10.2 Å². The van der Waals surface area contributed by atoms with Crippen LogP contribution in [0.1, 0.15) is 27.7 Å². The average Bonchev–Trinajstić information content (AvgIpc) is 2.56. The maximum absolute atomic E-state index is 11.4. The van der Waals surface area contributed by atoms with Gasteiger partial charge in [0.1, 0.15) is 22.3 Å². The number of nitrogens with zero attached hydrogens (tertiary/aromatic N) is 2. The second-order valence-electron chi connectivity index (χ2n) is 3.69. The molecule has 4 N–H and O–H groups in total. The van der Waals surface area contributed by atoms with E-state index in [0.717, 1.165) is 5.56 Å². The van der Waals surface area contributed by atoms with Crippen molar-refractivity contribution in [2.45, 2.75) is 13.8 Å². The molecule has 0 bridgehead atoms. The van der Waals surface area contributed by atoms with Gasteiger partial charge in [0.05, 0.1) is 10.6 Å². The lowest BCUT2D eigenvalue weighted by atomic mass is 10.1. The van der Waals surface area contributed by atoms with Gasteiger partial charge < -0.3 is 11.5 Å². The zero-order chi connectivity index (χ0) is 12.7. The Balaban J connectivity index is 2.95. The molecule has 2 aromatic heterocycles. The number of pyridine rings is 1. The van der Waals surface area contributed by atoms with E-state index in [-0.39, 0.29) is 17.2 Å². The molecule has 0 aliphatic rings. The fraction of sp³-hybridized carbons (Fsp3) is 0.182. The van der Waals surface area contributed by atoms with E-state index in [4.69, 9.17) is 16.7 Å². The lowest BCUT2D eigenvalue weighted by molar-refractivity contribution is 0.102. The molecule has 86 valence electrons. The summed E-state index contributed by atoms with van der Waals surface area (Å²) in [4.78, 5) is 16.7. The molecule has 0 unspecified atom stereocenters. The summed E-state index contributed by atoms with van der Waals surface area (Å²) >= 11 is 1.25. The number of aryl methyl sites for hydroxylation is 1. The molecular formula is C11H10N4OS. The Hall–Kier alpha value is -2.13. The van der Waals surface area contributed by atoms with E-state index >= 15 is 0 Å². The summed E-state index contributed by atoms with van der Waals surface area (Å²) in [6.45, 7) is 3.29. The van der Waals surface area contributed by atoms with Crippen molar-refractivity contribution in [3.05, 3.63) is 16.0 Å². The molecule has 6 heteroatoms. The largest absolute Gasteiger partial charge is 0.397 e. The van der Waals surface area contributed by atoms with Crippen molar-refractivity contribution >= 4 is 38.8 Å². The number of thiophene rings is 1. The zero-order valence-electron chi connectivity index (χ0n) is 9.37. The van der Waals surface area contributed by atoms with Gasteiger partial charge in [-0.3, -0.25) is 4.79 Å². The maximum Gasteiger partial charge on any atom is 0.170 e. The van der Waals surface area contributed by atoms with Crippen LogP contribution < -0.4 is 11.5 Å². The molecule has 2 rings (SSSR count). The Kier molecular flexibility index (Phi) is 2.48. The molecule has 0 radical (unpaired) electrons. The number of hydrogen-bond acceptors (Lipinski definition) is 6. The number of nitriles is 1. The first-order valence-electron chi connectivity index (χ1n) is 4.86. The van der Waals surface area contributed by atoms with E-state index in [1.54, 1.807) is 6.92 Å². The minimum atomic E-state index is -0.0398. The third kappa shape index (κ3) is 1.52.